The second-order valence-electron chi connectivity index (χ2n) is 27.3. The van der Waals surface area contributed by atoms with Crippen LogP contribution in [0.15, 0.2) is 0 Å². The fourth-order valence-corrected chi connectivity index (χ4v) is 12.7. The van der Waals surface area contributed by atoms with Gasteiger partial charge in [-0.1, -0.05) is 324 Å². The highest BCUT2D eigenvalue weighted by Gasteiger charge is 2.30. The summed E-state index contributed by atoms with van der Waals surface area (Å²) in [5.41, 5.74) is 0. The van der Waals surface area contributed by atoms with E-state index >= 15 is 0 Å². The van der Waals surface area contributed by atoms with Crippen molar-refractivity contribution in [2.45, 2.75) is 394 Å². The summed E-state index contributed by atoms with van der Waals surface area (Å²) < 4.78 is 68.3. The molecule has 546 valence electrons. The molecule has 0 aromatic heterocycles. The van der Waals surface area contributed by atoms with Gasteiger partial charge in [-0.25, -0.2) is 9.13 Å². The third-order valence-electron chi connectivity index (χ3n) is 17.0. The molecule has 17 nitrogen and oxygen atoms in total. The van der Waals surface area contributed by atoms with Gasteiger partial charge >= 0.3 is 39.5 Å². The van der Waals surface area contributed by atoms with E-state index in [9.17, 15) is 43.2 Å². The lowest BCUT2D eigenvalue weighted by Crippen LogP contribution is -2.30. The number of aliphatic hydroxyl groups excluding tert-OH is 1. The second-order valence-corrected chi connectivity index (χ2v) is 30.2. The zero-order valence-corrected chi connectivity index (χ0v) is 61.6. The third-order valence-corrected chi connectivity index (χ3v) is 18.9. The molecule has 19 heteroatoms. The Labute approximate surface area is 562 Å². The monoisotopic (exact) mass is 1350 g/mol. The highest BCUT2D eigenvalue weighted by Crippen LogP contribution is 2.45. The predicted molar refractivity (Wildman–Crippen MR) is 372 cm³/mol. The topological polar surface area (TPSA) is 237 Å². The first kappa shape index (κ1) is 90.1. The van der Waals surface area contributed by atoms with E-state index in [-0.39, 0.29) is 25.7 Å². The summed E-state index contributed by atoms with van der Waals surface area (Å²) in [6, 6.07) is 0. The number of rotatable bonds is 72. The van der Waals surface area contributed by atoms with Crippen molar-refractivity contribution in [3.8, 4) is 0 Å². The normalized spacial score (nSPS) is 14.1. The van der Waals surface area contributed by atoms with Crippen molar-refractivity contribution >= 4 is 39.5 Å². The summed E-state index contributed by atoms with van der Waals surface area (Å²) in [6.45, 7) is 9.51. The molecule has 0 rings (SSSR count). The molecule has 0 radical (unpaired) electrons. The van der Waals surface area contributed by atoms with Crippen molar-refractivity contribution in [1.82, 2.24) is 0 Å². The minimum Gasteiger partial charge on any atom is -0.462 e. The number of hydrogen-bond donors (Lipinski definition) is 3. The summed E-state index contributed by atoms with van der Waals surface area (Å²) in [7, 11) is -9.90. The Morgan fingerprint density at radius 1 is 0.293 bits per heavy atom. The van der Waals surface area contributed by atoms with Gasteiger partial charge in [0.15, 0.2) is 12.2 Å². The van der Waals surface area contributed by atoms with E-state index in [1.165, 1.54) is 186 Å². The van der Waals surface area contributed by atoms with Gasteiger partial charge in [-0.2, -0.15) is 0 Å². The number of phosphoric acid groups is 2. The number of ether oxygens (including phenoxy) is 4. The van der Waals surface area contributed by atoms with Crippen LogP contribution in [0.4, 0.5) is 0 Å². The van der Waals surface area contributed by atoms with Gasteiger partial charge in [0.05, 0.1) is 26.4 Å². The quantitative estimate of drug-likeness (QED) is 0.0222. The largest absolute Gasteiger partial charge is 0.472 e. The summed E-state index contributed by atoms with van der Waals surface area (Å²) in [5.74, 6) is -0.608. The number of carbonyl (C=O) groups is 4. The van der Waals surface area contributed by atoms with E-state index in [0.717, 1.165) is 102 Å². The van der Waals surface area contributed by atoms with Crippen molar-refractivity contribution in [1.29, 1.82) is 0 Å². The number of esters is 4. The summed E-state index contributed by atoms with van der Waals surface area (Å²) >= 11 is 0. The number of unbranched alkanes of at least 4 members (excludes halogenated alkanes) is 42. The Hall–Kier alpha value is -1.94. The van der Waals surface area contributed by atoms with E-state index in [2.05, 4.69) is 41.5 Å². The summed E-state index contributed by atoms with van der Waals surface area (Å²) in [4.78, 5) is 72.5. The molecule has 0 aliphatic heterocycles. The highest BCUT2D eigenvalue weighted by molar-refractivity contribution is 7.47. The van der Waals surface area contributed by atoms with Crippen LogP contribution < -0.4 is 0 Å². The second kappa shape index (κ2) is 65.0. The molecule has 2 unspecified atom stereocenters. The van der Waals surface area contributed by atoms with E-state index in [0.29, 0.717) is 31.6 Å². The van der Waals surface area contributed by atoms with Crippen LogP contribution in [0.25, 0.3) is 0 Å². The molecule has 0 saturated heterocycles. The number of hydrogen-bond acceptors (Lipinski definition) is 15. The lowest BCUT2D eigenvalue weighted by atomic mass is 10.0. The van der Waals surface area contributed by atoms with Crippen molar-refractivity contribution in [2.75, 3.05) is 39.6 Å². The molecule has 92 heavy (non-hydrogen) atoms. The average molecular weight is 1350 g/mol. The summed E-state index contributed by atoms with van der Waals surface area (Å²) in [6.07, 6.45) is 51.6. The van der Waals surface area contributed by atoms with Crippen LogP contribution in [0.1, 0.15) is 375 Å². The minimum atomic E-state index is -4.95. The van der Waals surface area contributed by atoms with Crippen LogP contribution in [0.3, 0.4) is 0 Å². The van der Waals surface area contributed by atoms with Crippen molar-refractivity contribution in [3.63, 3.8) is 0 Å². The first-order valence-electron chi connectivity index (χ1n) is 38.0. The van der Waals surface area contributed by atoms with Gasteiger partial charge in [-0.05, 0) is 37.5 Å². The zero-order chi connectivity index (χ0) is 67.9. The fourth-order valence-electron chi connectivity index (χ4n) is 11.1. The molecule has 0 spiro atoms. The maximum Gasteiger partial charge on any atom is 0.472 e. The van der Waals surface area contributed by atoms with Gasteiger partial charge in [0.25, 0.3) is 0 Å². The van der Waals surface area contributed by atoms with Crippen LogP contribution in [-0.2, 0) is 65.4 Å². The molecule has 3 N–H and O–H groups in total. The molecule has 0 aliphatic carbocycles. The Bertz CT molecular complexity index is 1790. The molecule has 0 fully saturated rings. The lowest BCUT2D eigenvalue weighted by Gasteiger charge is -2.21. The highest BCUT2D eigenvalue weighted by atomic mass is 31.2. The van der Waals surface area contributed by atoms with E-state index in [1.54, 1.807) is 0 Å². The third kappa shape index (κ3) is 66.7. The molecule has 0 bridgehead atoms. The Kier molecular flexibility index (Phi) is 63.7. The van der Waals surface area contributed by atoms with Gasteiger partial charge in [0.2, 0.25) is 0 Å². The molecule has 5 atom stereocenters. The molecule has 0 saturated carbocycles. The van der Waals surface area contributed by atoms with Crippen LogP contribution in [0.5, 0.6) is 0 Å². The average Bonchev–Trinajstić information content (AvgIpc) is 2.63. The molecular weight excluding hydrogens is 1210 g/mol. The van der Waals surface area contributed by atoms with Crippen LogP contribution in [0, 0.1) is 11.8 Å². The molecule has 0 aromatic carbocycles. The van der Waals surface area contributed by atoms with Crippen molar-refractivity contribution < 1.29 is 80.2 Å². The fraction of sp³-hybridized carbons (Fsp3) is 0.945. The molecule has 0 amide bonds. The molecular formula is C73H142O17P2. The van der Waals surface area contributed by atoms with Crippen LogP contribution in [-0.4, -0.2) is 96.7 Å². The van der Waals surface area contributed by atoms with Gasteiger partial charge < -0.3 is 33.8 Å². The standard InChI is InChI=1S/C73H142O17P2/c1-7-9-11-13-15-17-18-25-29-32-38-44-50-56-71(76)84-62-68(89-72(77)57-51-45-39-33-30-27-24-22-20-19-21-23-26-28-31-35-41-47-53-65(3)4)63-87-91(79,80)85-59-67(74)60-86-92(81,82)88-64-69(61-83-70(75)55-49-43-37-16-14-12-10-8-2)90-73(78)58-52-46-40-34-36-42-48-54-66(5)6/h65-69,74H,7-64H2,1-6H3,(H,79,80)(H,81,82)/t67-,68-,69-/m1/s1. The lowest BCUT2D eigenvalue weighted by molar-refractivity contribution is -0.161. The SMILES string of the molecule is CCCCCCCCCCCCCCCC(=O)OC[C@H](COP(=O)(O)OC[C@@H](O)COP(=O)(O)OC[C@@H](COC(=O)CCCCCCCCCC)OC(=O)CCCCCCCCCC(C)C)OC(=O)CCCCCCCCCCCCCCCCCCCCC(C)C. The first-order valence-corrected chi connectivity index (χ1v) is 41.0. The Morgan fingerprint density at radius 2 is 0.500 bits per heavy atom. The van der Waals surface area contributed by atoms with Gasteiger partial charge in [0, 0.05) is 25.7 Å². The molecule has 0 aromatic rings. The Balaban J connectivity index is 5.16. The maximum atomic E-state index is 13.1. The van der Waals surface area contributed by atoms with E-state index in [4.69, 9.17) is 37.0 Å². The van der Waals surface area contributed by atoms with Crippen molar-refractivity contribution in [3.05, 3.63) is 0 Å². The summed E-state index contributed by atoms with van der Waals surface area (Å²) in [5, 5.41) is 10.6. The number of phosphoric ester groups is 2. The predicted octanol–water partition coefficient (Wildman–Crippen LogP) is 21.2. The molecule has 0 aliphatic rings. The minimum absolute atomic E-state index is 0.103. The first-order chi connectivity index (χ1) is 44.4. The maximum absolute atomic E-state index is 13.1. The number of carbonyl (C=O) groups excluding carboxylic acids is 4. The van der Waals surface area contributed by atoms with Gasteiger partial charge in [-0.15, -0.1) is 0 Å². The zero-order valence-electron chi connectivity index (χ0n) is 59.9. The van der Waals surface area contributed by atoms with E-state index in [1.807, 2.05) is 0 Å². The number of aliphatic hydroxyl groups is 1. The van der Waals surface area contributed by atoms with Crippen molar-refractivity contribution in [2.24, 2.45) is 11.8 Å². The van der Waals surface area contributed by atoms with Crippen LogP contribution >= 0.6 is 15.6 Å². The van der Waals surface area contributed by atoms with Gasteiger partial charge in [-0.3, -0.25) is 37.3 Å². The smallest absolute Gasteiger partial charge is 0.462 e. The van der Waals surface area contributed by atoms with Crippen LogP contribution in [0.2, 0.25) is 0 Å². The van der Waals surface area contributed by atoms with E-state index < -0.39 is 97.5 Å². The van der Waals surface area contributed by atoms with Gasteiger partial charge in [0.1, 0.15) is 19.3 Å². The molecule has 0 heterocycles. The Morgan fingerprint density at radius 3 is 0.739 bits per heavy atom.